The highest BCUT2D eigenvalue weighted by molar-refractivity contribution is 5.96. The van der Waals surface area contributed by atoms with Crippen molar-refractivity contribution < 1.29 is 9.53 Å². The molecule has 1 N–H and O–H groups in total. The Labute approximate surface area is 170 Å². The number of esters is 1. The molecule has 0 spiro atoms. The number of rotatable bonds is 8. The molecular formula is C22H25N5O2. The van der Waals surface area contributed by atoms with E-state index in [9.17, 15) is 4.79 Å². The summed E-state index contributed by atoms with van der Waals surface area (Å²) in [6, 6.07) is 13.1. The predicted octanol–water partition coefficient (Wildman–Crippen LogP) is 3.78. The molecule has 0 bridgehead atoms. The number of hydrogen-bond donors (Lipinski definition) is 1. The first-order valence-corrected chi connectivity index (χ1v) is 9.55. The molecule has 0 saturated carbocycles. The highest BCUT2D eigenvalue weighted by Gasteiger charge is 2.14. The number of hydrogen-bond acceptors (Lipinski definition) is 7. The molecule has 0 fully saturated rings. The summed E-state index contributed by atoms with van der Waals surface area (Å²) < 4.78 is 5.14. The van der Waals surface area contributed by atoms with Gasteiger partial charge in [0.15, 0.2) is 0 Å². The number of aryl methyl sites for hydroxylation is 1. The standard InChI is InChI=1S/C22H25N5O2/c1-4-29-21(28)18-7-5-6-8-19(18)25-20-15-16(2)24-22(26-20)27(3)14-11-17-9-12-23-13-10-17/h5-10,12-13,15H,4,11,14H2,1-3H3,(H,24,25,26). The molecule has 0 amide bonds. The van der Waals surface area contributed by atoms with E-state index >= 15 is 0 Å². The summed E-state index contributed by atoms with van der Waals surface area (Å²) >= 11 is 0. The molecule has 0 unspecified atom stereocenters. The van der Waals surface area contributed by atoms with Gasteiger partial charge >= 0.3 is 5.97 Å². The zero-order chi connectivity index (χ0) is 20.6. The van der Waals surface area contributed by atoms with Crippen molar-refractivity contribution in [3.05, 3.63) is 71.7 Å². The van der Waals surface area contributed by atoms with Gasteiger partial charge in [0.05, 0.1) is 17.9 Å². The molecule has 1 aromatic carbocycles. The van der Waals surface area contributed by atoms with Crippen LogP contribution in [0.15, 0.2) is 54.9 Å². The third-order valence-electron chi connectivity index (χ3n) is 4.35. The molecule has 29 heavy (non-hydrogen) atoms. The Kier molecular flexibility index (Phi) is 6.73. The van der Waals surface area contributed by atoms with Crippen molar-refractivity contribution in [1.29, 1.82) is 0 Å². The summed E-state index contributed by atoms with van der Waals surface area (Å²) in [6.07, 6.45) is 4.45. The minimum Gasteiger partial charge on any atom is -0.462 e. The van der Waals surface area contributed by atoms with Gasteiger partial charge in [0.25, 0.3) is 0 Å². The van der Waals surface area contributed by atoms with E-state index in [2.05, 4.69) is 20.3 Å². The molecular weight excluding hydrogens is 366 g/mol. The van der Waals surface area contributed by atoms with Gasteiger partial charge in [-0.2, -0.15) is 4.98 Å². The maximum Gasteiger partial charge on any atom is 0.340 e. The molecule has 3 aromatic rings. The Morgan fingerprint density at radius 3 is 2.66 bits per heavy atom. The van der Waals surface area contributed by atoms with Crippen molar-refractivity contribution in [3.8, 4) is 0 Å². The third-order valence-corrected chi connectivity index (χ3v) is 4.35. The number of carbonyl (C=O) groups excluding carboxylic acids is 1. The van der Waals surface area contributed by atoms with Crippen molar-refractivity contribution in [2.24, 2.45) is 0 Å². The van der Waals surface area contributed by atoms with Gasteiger partial charge in [-0.3, -0.25) is 4.98 Å². The summed E-state index contributed by atoms with van der Waals surface area (Å²) in [5.41, 5.74) is 3.16. The molecule has 0 saturated heterocycles. The fourth-order valence-electron chi connectivity index (χ4n) is 2.85. The summed E-state index contributed by atoms with van der Waals surface area (Å²) in [6.45, 7) is 4.80. The Bertz CT molecular complexity index is 962. The lowest BCUT2D eigenvalue weighted by molar-refractivity contribution is 0.0527. The fourth-order valence-corrected chi connectivity index (χ4v) is 2.85. The van der Waals surface area contributed by atoms with Gasteiger partial charge < -0.3 is 15.0 Å². The number of para-hydroxylation sites is 1. The van der Waals surface area contributed by atoms with E-state index < -0.39 is 0 Å². The molecule has 2 heterocycles. The molecule has 0 radical (unpaired) electrons. The summed E-state index contributed by atoms with van der Waals surface area (Å²) in [5.74, 6) is 0.881. The number of aromatic nitrogens is 3. The fraction of sp³-hybridized carbons (Fsp3) is 0.273. The van der Waals surface area contributed by atoms with Gasteiger partial charge in [-0.25, -0.2) is 9.78 Å². The van der Waals surface area contributed by atoms with E-state index in [1.807, 2.05) is 49.2 Å². The molecule has 0 atom stereocenters. The molecule has 7 heteroatoms. The van der Waals surface area contributed by atoms with E-state index in [-0.39, 0.29) is 5.97 Å². The molecule has 150 valence electrons. The van der Waals surface area contributed by atoms with Crippen LogP contribution in [0.25, 0.3) is 0 Å². The molecule has 0 aliphatic rings. The van der Waals surface area contributed by atoms with Crippen molar-refractivity contribution in [2.45, 2.75) is 20.3 Å². The lowest BCUT2D eigenvalue weighted by Crippen LogP contribution is -2.23. The first-order chi connectivity index (χ1) is 14.1. The van der Waals surface area contributed by atoms with E-state index in [0.29, 0.717) is 29.6 Å². The minimum atomic E-state index is -0.365. The number of likely N-dealkylation sites (N-methyl/N-ethyl adjacent to an activating group) is 1. The van der Waals surface area contributed by atoms with Gasteiger partial charge in [0.1, 0.15) is 5.82 Å². The lowest BCUT2D eigenvalue weighted by atomic mass is 10.2. The second-order valence-corrected chi connectivity index (χ2v) is 6.61. The van der Waals surface area contributed by atoms with Crippen LogP contribution < -0.4 is 10.2 Å². The Balaban J connectivity index is 1.77. The number of carbonyl (C=O) groups is 1. The van der Waals surface area contributed by atoms with E-state index in [4.69, 9.17) is 4.74 Å². The van der Waals surface area contributed by atoms with E-state index in [0.717, 1.165) is 18.7 Å². The summed E-state index contributed by atoms with van der Waals surface area (Å²) in [4.78, 5) is 27.4. The smallest absolute Gasteiger partial charge is 0.340 e. The van der Waals surface area contributed by atoms with Crippen LogP contribution in [-0.4, -0.2) is 41.1 Å². The summed E-state index contributed by atoms with van der Waals surface area (Å²) in [7, 11) is 1.96. The maximum atomic E-state index is 12.2. The molecule has 0 aliphatic heterocycles. The number of ether oxygens (including phenoxy) is 1. The monoisotopic (exact) mass is 391 g/mol. The predicted molar refractivity (Wildman–Crippen MR) is 114 cm³/mol. The average Bonchev–Trinajstić information content (AvgIpc) is 2.73. The molecule has 2 aromatic heterocycles. The van der Waals surface area contributed by atoms with Crippen molar-refractivity contribution in [2.75, 3.05) is 30.4 Å². The Morgan fingerprint density at radius 1 is 1.14 bits per heavy atom. The minimum absolute atomic E-state index is 0.326. The molecule has 7 nitrogen and oxygen atoms in total. The zero-order valence-electron chi connectivity index (χ0n) is 16.9. The van der Waals surface area contributed by atoms with E-state index in [1.54, 1.807) is 31.5 Å². The van der Waals surface area contributed by atoms with Gasteiger partial charge in [0.2, 0.25) is 5.95 Å². The van der Waals surface area contributed by atoms with Crippen LogP contribution in [0.2, 0.25) is 0 Å². The Morgan fingerprint density at radius 2 is 1.90 bits per heavy atom. The number of nitrogens with one attached hydrogen (secondary N) is 1. The average molecular weight is 391 g/mol. The van der Waals surface area contributed by atoms with Crippen LogP contribution in [-0.2, 0) is 11.2 Å². The van der Waals surface area contributed by atoms with Gasteiger partial charge in [-0.1, -0.05) is 12.1 Å². The Hall–Kier alpha value is -3.48. The second kappa shape index (κ2) is 9.64. The first kappa shape index (κ1) is 20.3. The summed E-state index contributed by atoms with van der Waals surface area (Å²) in [5, 5.41) is 3.23. The normalized spacial score (nSPS) is 10.4. The topological polar surface area (TPSA) is 80.2 Å². The van der Waals surface area contributed by atoms with Crippen LogP contribution in [0.3, 0.4) is 0 Å². The van der Waals surface area contributed by atoms with Crippen molar-refractivity contribution in [1.82, 2.24) is 15.0 Å². The quantitative estimate of drug-likeness (QED) is 0.585. The maximum absolute atomic E-state index is 12.2. The number of anilines is 3. The second-order valence-electron chi connectivity index (χ2n) is 6.61. The number of benzene rings is 1. The zero-order valence-corrected chi connectivity index (χ0v) is 16.9. The lowest BCUT2D eigenvalue weighted by Gasteiger charge is -2.19. The molecule has 0 aliphatic carbocycles. The van der Waals surface area contributed by atoms with Crippen molar-refractivity contribution in [3.63, 3.8) is 0 Å². The van der Waals surface area contributed by atoms with Crippen LogP contribution in [0.5, 0.6) is 0 Å². The highest BCUT2D eigenvalue weighted by Crippen LogP contribution is 2.22. The highest BCUT2D eigenvalue weighted by atomic mass is 16.5. The van der Waals surface area contributed by atoms with Crippen LogP contribution >= 0.6 is 0 Å². The van der Waals surface area contributed by atoms with Gasteiger partial charge in [-0.15, -0.1) is 0 Å². The SMILES string of the molecule is CCOC(=O)c1ccccc1Nc1cc(C)nc(N(C)CCc2ccncc2)n1. The van der Waals surface area contributed by atoms with Gasteiger partial charge in [0, 0.05) is 37.7 Å². The van der Waals surface area contributed by atoms with Crippen LogP contribution in [0, 0.1) is 6.92 Å². The van der Waals surface area contributed by atoms with Crippen LogP contribution in [0.4, 0.5) is 17.5 Å². The van der Waals surface area contributed by atoms with Crippen molar-refractivity contribution >= 4 is 23.4 Å². The third kappa shape index (κ3) is 5.51. The van der Waals surface area contributed by atoms with Gasteiger partial charge in [-0.05, 0) is 50.1 Å². The number of nitrogens with zero attached hydrogens (tertiary/aromatic N) is 4. The number of pyridine rings is 1. The molecule has 3 rings (SSSR count). The van der Waals surface area contributed by atoms with E-state index in [1.165, 1.54) is 5.56 Å². The first-order valence-electron chi connectivity index (χ1n) is 9.55. The van der Waals surface area contributed by atoms with Crippen LogP contribution in [0.1, 0.15) is 28.5 Å². The largest absolute Gasteiger partial charge is 0.462 e.